The molecule has 2 N–H and O–H groups in total. The van der Waals surface area contributed by atoms with E-state index in [0.29, 0.717) is 6.04 Å². The Labute approximate surface area is 175 Å². The third-order valence-corrected chi connectivity index (χ3v) is 5.34. The predicted molar refractivity (Wildman–Crippen MR) is 120 cm³/mol. The van der Waals surface area contributed by atoms with Gasteiger partial charge in [-0.25, -0.2) is 9.97 Å². The van der Waals surface area contributed by atoms with Gasteiger partial charge in [-0.15, -0.1) is 0 Å². The van der Waals surface area contributed by atoms with E-state index >= 15 is 0 Å². The van der Waals surface area contributed by atoms with Crippen molar-refractivity contribution in [1.82, 2.24) is 24.7 Å². The average molecular weight is 396 g/mol. The number of pyridine rings is 1. The molecular weight excluding hydrogens is 372 g/mol. The van der Waals surface area contributed by atoms with E-state index in [4.69, 9.17) is 0 Å². The number of hydrogen-bond acceptors (Lipinski definition) is 5. The maximum atomic E-state index is 4.62. The lowest BCUT2D eigenvalue weighted by Crippen LogP contribution is -2.13. The summed E-state index contributed by atoms with van der Waals surface area (Å²) in [5.74, 6) is 0.784. The maximum absolute atomic E-state index is 4.62. The Morgan fingerprint density at radius 2 is 1.93 bits per heavy atom. The van der Waals surface area contributed by atoms with Crippen molar-refractivity contribution in [2.24, 2.45) is 0 Å². The van der Waals surface area contributed by atoms with E-state index in [0.717, 1.165) is 46.9 Å². The fraction of sp³-hybridized carbons (Fsp3) is 0.208. The van der Waals surface area contributed by atoms with Crippen LogP contribution in [0.1, 0.15) is 24.0 Å². The zero-order valence-corrected chi connectivity index (χ0v) is 16.8. The summed E-state index contributed by atoms with van der Waals surface area (Å²) in [4.78, 5) is 13.3. The van der Waals surface area contributed by atoms with Crippen LogP contribution in [0.3, 0.4) is 0 Å². The van der Waals surface area contributed by atoms with E-state index in [2.05, 4.69) is 66.9 Å². The summed E-state index contributed by atoms with van der Waals surface area (Å²) in [6.45, 7) is 4.93. The van der Waals surface area contributed by atoms with E-state index in [1.54, 1.807) is 12.4 Å². The number of hydrogen-bond donors (Lipinski definition) is 2. The van der Waals surface area contributed by atoms with Gasteiger partial charge in [0.15, 0.2) is 11.5 Å². The fourth-order valence-electron chi connectivity index (χ4n) is 3.53. The van der Waals surface area contributed by atoms with Gasteiger partial charge < -0.3 is 10.6 Å². The second-order valence-electron chi connectivity index (χ2n) is 7.63. The minimum Gasteiger partial charge on any atom is -0.382 e. The molecule has 1 fully saturated rings. The van der Waals surface area contributed by atoms with E-state index in [1.165, 1.54) is 18.4 Å². The Morgan fingerprint density at radius 1 is 1.07 bits per heavy atom. The highest BCUT2D eigenvalue weighted by molar-refractivity contribution is 5.72. The highest BCUT2D eigenvalue weighted by Gasteiger charge is 2.21. The smallest absolute Gasteiger partial charge is 0.180 e. The molecule has 6 heteroatoms. The first-order chi connectivity index (χ1) is 14.8. The molecule has 150 valence electrons. The summed E-state index contributed by atoms with van der Waals surface area (Å²) in [5, 5.41) is 6.87. The molecule has 0 radical (unpaired) electrons. The summed E-state index contributed by atoms with van der Waals surface area (Å²) in [5.41, 5.74) is 6.28. The van der Waals surface area contributed by atoms with Gasteiger partial charge in [0, 0.05) is 48.6 Å². The SMILES string of the molecule is C=C(NC1CC1)c1ccc(-c2cnc3c(NCCc4cccnc4)nccn23)cc1. The molecule has 1 saturated carbocycles. The number of fused-ring (bicyclic) bond motifs is 1. The van der Waals surface area contributed by atoms with Crippen LogP contribution in [0.15, 0.2) is 74.0 Å². The van der Waals surface area contributed by atoms with Gasteiger partial charge in [-0.2, -0.15) is 0 Å². The third-order valence-electron chi connectivity index (χ3n) is 5.34. The standard InChI is InChI=1S/C24H24N6/c1-17(29-21-8-9-21)19-4-6-20(7-5-19)22-16-28-24-23(27-13-14-30(22)24)26-12-10-18-3-2-11-25-15-18/h2-7,11,13-16,21,29H,1,8-10,12H2,(H,26,27). The first-order valence-corrected chi connectivity index (χ1v) is 10.3. The van der Waals surface area contributed by atoms with Crippen LogP contribution < -0.4 is 10.6 Å². The number of benzene rings is 1. The van der Waals surface area contributed by atoms with Crippen molar-refractivity contribution in [2.75, 3.05) is 11.9 Å². The largest absolute Gasteiger partial charge is 0.382 e. The fourth-order valence-corrected chi connectivity index (χ4v) is 3.53. The summed E-state index contributed by atoms with van der Waals surface area (Å²) >= 11 is 0. The van der Waals surface area contributed by atoms with E-state index in [1.807, 2.05) is 24.7 Å². The number of imidazole rings is 1. The molecule has 30 heavy (non-hydrogen) atoms. The van der Waals surface area contributed by atoms with E-state index in [-0.39, 0.29) is 0 Å². The van der Waals surface area contributed by atoms with Crippen LogP contribution in [0.4, 0.5) is 5.82 Å². The zero-order valence-electron chi connectivity index (χ0n) is 16.8. The summed E-state index contributed by atoms with van der Waals surface area (Å²) < 4.78 is 2.08. The molecule has 4 aromatic rings. The minimum absolute atomic E-state index is 0.604. The van der Waals surface area contributed by atoms with Crippen molar-refractivity contribution in [3.63, 3.8) is 0 Å². The van der Waals surface area contributed by atoms with Gasteiger partial charge in [-0.3, -0.25) is 9.38 Å². The van der Waals surface area contributed by atoms with Crippen molar-refractivity contribution in [3.05, 3.63) is 85.1 Å². The van der Waals surface area contributed by atoms with Gasteiger partial charge in [0.25, 0.3) is 0 Å². The first kappa shape index (κ1) is 18.4. The van der Waals surface area contributed by atoms with Crippen molar-refractivity contribution in [2.45, 2.75) is 25.3 Å². The van der Waals surface area contributed by atoms with Crippen molar-refractivity contribution < 1.29 is 0 Å². The first-order valence-electron chi connectivity index (χ1n) is 10.3. The number of anilines is 1. The summed E-state index contributed by atoms with van der Waals surface area (Å²) in [6, 6.07) is 13.1. The van der Waals surface area contributed by atoms with E-state index < -0.39 is 0 Å². The van der Waals surface area contributed by atoms with Crippen LogP contribution in [0.25, 0.3) is 22.6 Å². The van der Waals surface area contributed by atoms with Gasteiger partial charge in [0.2, 0.25) is 0 Å². The van der Waals surface area contributed by atoms with Crippen LogP contribution in [0.2, 0.25) is 0 Å². The number of nitrogens with one attached hydrogen (secondary N) is 2. The molecule has 0 amide bonds. The number of nitrogens with zero attached hydrogens (tertiary/aromatic N) is 4. The molecule has 0 bridgehead atoms. The Bertz CT molecular complexity index is 1160. The summed E-state index contributed by atoms with van der Waals surface area (Å²) in [7, 11) is 0. The topological polar surface area (TPSA) is 67.1 Å². The van der Waals surface area contributed by atoms with Crippen molar-refractivity contribution in [3.8, 4) is 11.3 Å². The van der Waals surface area contributed by atoms with Crippen LogP contribution in [0, 0.1) is 0 Å². The molecule has 0 unspecified atom stereocenters. The normalized spacial score (nSPS) is 13.3. The van der Waals surface area contributed by atoms with Gasteiger partial charge in [0.1, 0.15) is 0 Å². The molecule has 3 aromatic heterocycles. The average Bonchev–Trinajstić information content (AvgIpc) is 3.49. The van der Waals surface area contributed by atoms with Crippen LogP contribution in [0.5, 0.6) is 0 Å². The number of aromatic nitrogens is 4. The molecule has 0 aliphatic heterocycles. The monoisotopic (exact) mass is 396 g/mol. The molecule has 3 heterocycles. The Balaban J connectivity index is 1.33. The van der Waals surface area contributed by atoms with E-state index in [9.17, 15) is 0 Å². The zero-order chi connectivity index (χ0) is 20.3. The van der Waals surface area contributed by atoms with Crippen LogP contribution in [-0.4, -0.2) is 31.9 Å². The lowest BCUT2D eigenvalue weighted by Gasteiger charge is -2.10. The lowest BCUT2D eigenvalue weighted by atomic mass is 10.1. The van der Waals surface area contributed by atoms with Gasteiger partial charge in [-0.05, 0) is 36.5 Å². The molecule has 5 rings (SSSR count). The molecule has 1 aromatic carbocycles. The lowest BCUT2D eigenvalue weighted by molar-refractivity contribution is 0.885. The molecule has 0 saturated heterocycles. The number of rotatable bonds is 8. The highest BCUT2D eigenvalue weighted by Crippen LogP contribution is 2.26. The van der Waals surface area contributed by atoms with Crippen molar-refractivity contribution >= 4 is 17.2 Å². The molecule has 0 spiro atoms. The van der Waals surface area contributed by atoms with Gasteiger partial charge in [-0.1, -0.05) is 36.9 Å². The highest BCUT2D eigenvalue weighted by atomic mass is 15.1. The predicted octanol–water partition coefficient (Wildman–Crippen LogP) is 4.17. The quantitative estimate of drug-likeness (QED) is 0.468. The second-order valence-corrected chi connectivity index (χ2v) is 7.63. The Morgan fingerprint density at radius 3 is 2.70 bits per heavy atom. The Hall–Kier alpha value is -3.67. The van der Waals surface area contributed by atoms with Crippen molar-refractivity contribution in [1.29, 1.82) is 0 Å². The summed E-state index contributed by atoms with van der Waals surface area (Å²) in [6.07, 6.45) is 12.7. The van der Waals surface area contributed by atoms with Gasteiger partial charge in [0.05, 0.1) is 11.9 Å². The molecule has 1 aliphatic carbocycles. The van der Waals surface area contributed by atoms with Crippen LogP contribution in [-0.2, 0) is 6.42 Å². The minimum atomic E-state index is 0.604. The molecule has 0 atom stereocenters. The molecular formula is C24H24N6. The maximum Gasteiger partial charge on any atom is 0.180 e. The second kappa shape index (κ2) is 7.99. The molecule has 6 nitrogen and oxygen atoms in total. The third kappa shape index (κ3) is 3.89. The molecule has 1 aliphatic rings. The van der Waals surface area contributed by atoms with Crippen LogP contribution >= 0.6 is 0 Å². The van der Waals surface area contributed by atoms with Gasteiger partial charge >= 0.3 is 0 Å². The Kier molecular flexibility index (Phi) is 4.89.